The Hall–Kier alpha value is -1.37. The normalized spacial score (nSPS) is 16.1. The van der Waals surface area contributed by atoms with E-state index in [1.54, 1.807) is 31.2 Å². The number of aryl methyl sites for hydroxylation is 1. The smallest absolute Gasteiger partial charge is 0.218 e. The summed E-state index contributed by atoms with van der Waals surface area (Å²) in [5.74, 6) is 0. The van der Waals surface area contributed by atoms with Crippen LogP contribution in [0.25, 0.3) is 0 Å². The van der Waals surface area contributed by atoms with Gasteiger partial charge in [0.2, 0.25) is 9.84 Å². The van der Waals surface area contributed by atoms with Crippen molar-refractivity contribution in [3.63, 3.8) is 0 Å². The lowest BCUT2D eigenvalue weighted by Crippen LogP contribution is -2.15. The fraction of sp³-hybridized carbons (Fsp3) is 0.143. The van der Waals surface area contributed by atoms with Gasteiger partial charge in [0.25, 0.3) is 9.05 Å². The van der Waals surface area contributed by atoms with Crippen molar-refractivity contribution in [2.45, 2.75) is 28.0 Å². The number of halogens is 1. The zero-order valence-corrected chi connectivity index (χ0v) is 13.4. The van der Waals surface area contributed by atoms with Crippen LogP contribution in [0.4, 0.5) is 0 Å². The van der Waals surface area contributed by atoms with E-state index in [2.05, 4.69) is 0 Å². The van der Waals surface area contributed by atoms with Gasteiger partial charge < -0.3 is 0 Å². The van der Waals surface area contributed by atoms with Crippen LogP contribution in [0.1, 0.15) is 16.7 Å². The van der Waals surface area contributed by atoms with Gasteiger partial charge in [0.1, 0.15) is 0 Å². The molecule has 7 heteroatoms. The summed E-state index contributed by atoms with van der Waals surface area (Å²) >= 11 is 0. The predicted octanol–water partition coefficient (Wildman–Crippen LogP) is 2.66. The van der Waals surface area contributed by atoms with Crippen molar-refractivity contribution >= 4 is 29.6 Å². The highest BCUT2D eigenvalue weighted by molar-refractivity contribution is 8.13. The van der Waals surface area contributed by atoms with E-state index in [9.17, 15) is 16.8 Å². The molecule has 4 nitrogen and oxygen atoms in total. The quantitative estimate of drug-likeness (QED) is 0.637. The van der Waals surface area contributed by atoms with Crippen molar-refractivity contribution in [2.24, 2.45) is 0 Å². The summed E-state index contributed by atoms with van der Waals surface area (Å²) in [6, 6.07) is 9.47. The first kappa shape index (κ1) is 14.6. The second-order valence-corrected chi connectivity index (χ2v) is 9.37. The molecule has 1 aliphatic rings. The first-order valence-electron chi connectivity index (χ1n) is 6.12. The second-order valence-electron chi connectivity index (χ2n) is 4.95. The Morgan fingerprint density at radius 3 is 2.38 bits per heavy atom. The monoisotopic (exact) mass is 342 g/mol. The van der Waals surface area contributed by atoms with E-state index < -0.39 is 18.9 Å². The molecule has 1 aliphatic heterocycles. The molecular formula is C14H11ClO4S2. The zero-order valence-electron chi connectivity index (χ0n) is 11.0. The molecule has 2 aromatic carbocycles. The van der Waals surface area contributed by atoms with Crippen LogP contribution < -0.4 is 0 Å². The van der Waals surface area contributed by atoms with Gasteiger partial charge in [-0.05, 0) is 35.7 Å². The maximum atomic E-state index is 12.6. The van der Waals surface area contributed by atoms with Crippen molar-refractivity contribution in [1.29, 1.82) is 0 Å². The van der Waals surface area contributed by atoms with E-state index in [1.807, 2.05) is 0 Å². The summed E-state index contributed by atoms with van der Waals surface area (Å²) in [5.41, 5.74) is 1.75. The van der Waals surface area contributed by atoms with Crippen LogP contribution in [-0.4, -0.2) is 16.8 Å². The van der Waals surface area contributed by atoms with Crippen LogP contribution >= 0.6 is 10.7 Å². The summed E-state index contributed by atoms with van der Waals surface area (Å²) in [4.78, 5) is 0.0798. The molecule has 0 radical (unpaired) electrons. The molecule has 0 spiro atoms. The van der Waals surface area contributed by atoms with E-state index in [0.29, 0.717) is 23.1 Å². The fourth-order valence-electron chi connectivity index (χ4n) is 2.62. The largest absolute Gasteiger partial charge is 0.261 e. The van der Waals surface area contributed by atoms with Gasteiger partial charge in [-0.3, -0.25) is 0 Å². The lowest BCUT2D eigenvalue weighted by molar-refractivity contribution is 0.591. The average molecular weight is 343 g/mol. The highest BCUT2D eigenvalue weighted by Gasteiger charge is 2.31. The van der Waals surface area contributed by atoms with Gasteiger partial charge in [-0.25, -0.2) is 16.8 Å². The van der Waals surface area contributed by atoms with E-state index in [4.69, 9.17) is 10.7 Å². The zero-order chi connectivity index (χ0) is 15.4. The van der Waals surface area contributed by atoms with Gasteiger partial charge in [-0.2, -0.15) is 0 Å². The molecule has 3 rings (SSSR count). The minimum atomic E-state index is -3.99. The molecule has 0 aliphatic carbocycles. The third-order valence-electron chi connectivity index (χ3n) is 3.55. The third kappa shape index (κ3) is 2.27. The highest BCUT2D eigenvalue weighted by Crippen LogP contribution is 2.37. The lowest BCUT2D eigenvalue weighted by Gasteiger charge is -2.21. The first-order valence-corrected chi connectivity index (χ1v) is 9.92. The third-order valence-corrected chi connectivity index (χ3v) is 6.95. The molecule has 0 atom stereocenters. The van der Waals surface area contributed by atoms with E-state index in [-0.39, 0.29) is 14.7 Å². The highest BCUT2D eigenvalue weighted by atomic mass is 35.7. The molecule has 0 amide bonds. The van der Waals surface area contributed by atoms with Gasteiger partial charge in [0, 0.05) is 17.1 Å². The van der Waals surface area contributed by atoms with Crippen molar-refractivity contribution in [3.8, 4) is 0 Å². The molecule has 0 aromatic heterocycles. The van der Waals surface area contributed by atoms with Crippen molar-refractivity contribution < 1.29 is 16.8 Å². The Kier molecular flexibility index (Phi) is 3.16. The SMILES string of the molecule is Cc1cc2c(cc1S(=O)(=O)Cl)S(=O)(=O)c1ccccc1C2. The standard InChI is InChI=1S/C14H11ClO4S2/c1-9-6-11-7-10-4-2-3-5-12(10)20(16,17)14(11)8-13(9)21(15,18)19/h2-6,8H,7H2,1H3. The van der Waals surface area contributed by atoms with Gasteiger partial charge in [-0.1, -0.05) is 24.3 Å². The number of rotatable bonds is 1. The van der Waals surface area contributed by atoms with E-state index in [0.717, 1.165) is 6.07 Å². The van der Waals surface area contributed by atoms with Crippen LogP contribution in [0.15, 0.2) is 51.1 Å². The van der Waals surface area contributed by atoms with E-state index >= 15 is 0 Å². The second kappa shape index (κ2) is 4.56. The molecule has 0 saturated carbocycles. The molecule has 0 bridgehead atoms. The number of hydrogen-bond acceptors (Lipinski definition) is 4. The Bertz CT molecular complexity index is 960. The Labute approximate surface area is 127 Å². The number of sulfone groups is 1. The lowest BCUT2D eigenvalue weighted by atomic mass is 10.0. The van der Waals surface area contributed by atoms with Crippen LogP contribution in [0.3, 0.4) is 0 Å². The molecule has 0 unspecified atom stereocenters. The summed E-state index contributed by atoms with van der Waals surface area (Å²) in [5, 5.41) is 0. The summed E-state index contributed by atoms with van der Waals surface area (Å²) in [6.45, 7) is 1.60. The topological polar surface area (TPSA) is 68.3 Å². The Morgan fingerprint density at radius 1 is 1.05 bits per heavy atom. The first-order chi connectivity index (χ1) is 9.71. The van der Waals surface area contributed by atoms with Gasteiger partial charge in [-0.15, -0.1) is 0 Å². The fourth-order valence-corrected chi connectivity index (χ4v) is 5.62. The van der Waals surface area contributed by atoms with Gasteiger partial charge in [0.05, 0.1) is 14.7 Å². The maximum Gasteiger partial charge on any atom is 0.261 e. The van der Waals surface area contributed by atoms with Crippen LogP contribution in [-0.2, 0) is 25.3 Å². The Morgan fingerprint density at radius 2 is 1.71 bits per heavy atom. The van der Waals surface area contributed by atoms with Gasteiger partial charge in [0.15, 0.2) is 0 Å². The van der Waals surface area contributed by atoms with E-state index in [1.165, 1.54) is 6.07 Å². The molecule has 110 valence electrons. The van der Waals surface area contributed by atoms with Gasteiger partial charge >= 0.3 is 0 Å². The molecule has 1 heterocycles. The molecule has 2 aromatic rings. The van der Waals surface area contributed by atoms with Crippen molar-refractivity contribution in [1.82, 2.24) is 0 Å². The Balaban J connectivity index is 2.36. The molecule has 0 fully saturated rings. The summed E-state index contributed by atoms with van der Waals surface area (Å²) in [6.07, 6.45) is 0.453. The average Bonchev–Trinajstić information content (AvgIpc) is 2.36. The maximum absolute atomic E-state index is 12.6. The summed E-state index contributed by atoms with van der Waals surface area (Å²) in [7, 11) is -2.33. The van der Waals surface area contributed by atoms with Crippen molar-refractivity contribution in [3.05, 3.63) is 53.1 Å². The predicted molar refractivity (Wildman–Crippen MR) is 78.9 cm³/mol. The molecular weight excluding hydrogens is 332 g/mol. The van der Waals surface area contributed by atoms with Crippen LogP contribution in [0.5, 0.6) is 0 Å². The molecule has 0 N–H and O–H groups in total. The number of fused-ring (bicyclic) bond motifs is 2. The molecule has 0 saturated heterocycles. The number of benzene rings is 2. The number of hydrogen-bond donors (Lipinski definition) is 0. The minimum absolute atomic E-state index is 0.0195. The van der Waals surface area contributed by atoms with Crippen LogP contribution in [0, 0.1) is 6.92 Å². The van der Waals surface area contributed by atoms with Crippen molar-refractivity contribution in [2.75, 3.05) is 0 Å². The minimum Gasteiger partial charge on any atom is -0.218 e. The molecule has 21 heavy (non-hydrogen) atoms. The summed E-state index contributed by atoms with van der Waals surface area (Å²) < 4.78 is 48.4. The van der Waals surface area contributed by atoms with Crippen LogP contribution in [0.2, 0.25) is 0 Å².